The van der Waals surface area contributed by atoms with Gasteiger partial charge in [-0.15, -0.1) is 11.8 Å². The summed E-state index contributed by atoms with van der Waals surface area (Å²) in [5, 5.41) is 8.51. The average Bonchev–Trinajstić information content (AvgIpc) is 2.45. The van der Waals surface area contributed by atoms with E-state index in [4.69, 9.17) is 9.84 Å². The molecular weight excluding hydrogens is 280 g/mol. The number of carbonyl (C=O) groups excluding carboxylic acids is 1. The molecule has 0 aliphatic carbocycles. The van der Waals surface area contributed by atoms with Crippen molar-refractivity contribution in [2.75, 3.05) is 25.2 Å². The summed E-state index contributed by atoms with van der Waals surface area (Å²) in [6.07, 6.45) is 2.59. The van der Waals surface area contributed by atoms with Crippen molar-refractivity contribution in [1.82, 2.24) is 0 Å². The van der Waals surface area contributed by atoms with Crippen molar-refractivity contribution in [3.05, 3.63) is 35.9 Å². The lowest BCUT2D eigenvalue weighted by Gasteiger charge is -2.06. The maximum Gasteiger partial charge on any atom is 0.328 e. The number of hydrogen-bond acceptors (Lipinski definition) is 5. The molecule has 0 unspecified atom stereocenters. The van der Waals surface area contributed by atoms with Crippen molar-refractivity contribution >= 4 is 29.8 Å². The maximum absolute atomic E-state index is 10.9. The van der Waals surface area contributed by atoms with Crippen LogP contribution in [0.2, 0.25) is 0 Å². The topological polar surface area (TPSA) is 72.8 Å². The standard InChI is InChI=1S/C14H16O5S/c1-18-14(17)10-20-9-8-19-12-5-2-11(3-6-12)4-7-13(15)16/h2-7H,8-10H2,1H3,(H,15,16). The minimum Gasteiger partial charge on any atom is -0.493 e. The Kier molecular flexibility index (Phi) is 7.27. The van der Waals surface area contributed by atoms with Crippen molar-refractivity contribution in [3.63, 3.8) is 0 Å². The maximum atomic E-state index is 10.9. The van der Waals surface area contributed by atoms with Crippen molar-refractivity contribution in [1.29, 1.82) is 0 Å². The van der Waals surface area contributed by atoms with E-state index in [-0.39, 0.29) is 5.97 Å². The van der Waals surface area contributed by atoms with Crippen molar-refractivity contribution in [2.24, 2.45) is 0 Å². The minimum atomic E-state index is -0.979. The Labute approximate surface area is 121 Å². The fraction of sp³-hybridized carbons (Fsp3) is 0.286. The highest BCUT2D eigenvalue weighted by molar-refractivity contribution is 7.99. The zero-order valence-corrected chi connectivity index (χ0v) is 11.9. The van der Waals surface area contributed by atoms with Crippen LogP contribution in [0, 0.1) is 0 Å². The summed E-state index contributed by atoms with van der Waals surface area (Å²) in [6, 6.07) is 7.09. The van der Waals surface area contributed by atoms with Gasteiger partial charge < -0.3 is 14.6 Å². The second kappa shape index (κ2) is 9.03. The monoisotopic (exact) mass is 296 g/mol. The van der Waals surface area contributed by atoms with Gasteiger partial charge in [-0.25, -0.2) is 4.79 Å². The Balaban J connectivity index is 2.28. The van der Waals surface area contributed by atoms with Crippen LogP contribution in [-0.4, -0.2) is 42.3 Å². The summed E-state index contributed by atoms with van der Waals surface area (Å²) in [7, 11) is 1.36. The fourth-order valence-corrected chi connectivity index (χ4v) is 1.91. The lowest BCUT2D eigenvalue weighted by atomic mass is 10.2. The normalized spacial score (nSPS) is 10.4. The Hall–Kier alpha value is -1.95. The SMILES string of the molecule is COC(=O)CSCCOc1ccc(C=CC(=O)O)cc1. The van der Waals surface area contributed by atoms with Crippen molar-refractivity contribution in [3.8, 4) is 5.75 Å². The van der Waals surface area contributed by atoms with Gasteiger partial charge in [0, 0.05) is 11.8 Å². The molecule has 0 amide bonds. The summed E-state index contributed by atoms with van der Waals surface area (Å²) in [5.74, 6) is 0.489. The quantitative estimate of drug-likeness (QED) is 0.450. The van der Waals surface area contributed by atoms with E-state index in [2.05, 4.69) is 4.74 Å². The van der Waals surface area contributed by atoms with Gasteiger partial charge in [0.2, 0.25) is 0 Å². The third-order valence-electron chi connectivity index (χ3n) is 2.24. The minimum absolute atomic E-state index is 0.246. The summed E-state index contributed by atoms with van der Waals surface area (Å²) in [4.78, 5) is 21.2. The van der Waals surface area contributed by atoms with Crippen LogP contribution in [0.5, 0.6) is 5.75 Å². The van der Waals surface area contributed by atoms with Crippen LogP contribution < -0.4 is 4.74 Å². The number of aliphatic carboxylic acids is 1. The van der Waals surface area contributed by atoms with E-state index in [1.807, 2.05) is 0 Å². The van der Waals surface area contributed by atoms with E-state index in [0.29, 0.717) is 23.9 Å². The molecule has 0 bridgehead atoms. The van der Waals surface area contributed by atoms with Crippen molar-refractivity contribution < 1.29 is 24.2 Å². The van der Waals surface area contributed by atoms with Crippen LogP contribution in [0.3, 0.4) is 0 Å². The molecule has 1 aromatic rings. The lowest BCUT2D eigenvalue weighted by Crippen LogP contribution is -2.06. The van der Waals surface area contributed by atoms with Gasteiger partial charge in [-0.3, -0.25) is 4.79 Å². The van der Waals surface area contributed by atoms with E-state index in [0.717, 1.165) is 11.6 Å². The number of methoxy groups -OCH3 is 1. The van der Waals surface area contributed by atoms with Gasteiger partial charge in [-0.2, -0.15) is 0 Å². The molecule has 0 saturated carbocycles. The van der Waals surface area contributed by atoms with E-state index in [1.54, 1.807) is 24.3 Å². The van der Waals surface area contributed by atoms with Crippen LogP contribution >= 0.6 is 11.8 Å². The molecule has 1 rings (SSSR count). The third-order valence-corrected chi connectivity index (χ3v) is 3.14. The number of carboxylic acid groups (broad SMARTS) is 1. The number of ether oxygens (including phenoxy) is 2. The largest absolute Gasteiger partial charge is 0.493 e. The Morgan fingerprint density at radius 2 is 2.00 bits per heavy atom. The molecule has 0 fully saturated rings. The zero-order chi connectivity index (χ0) is 14.8. The number of thioether (sulfide) groups is 1. The van der Waals surface area contributed by atoms with Gasteiger partial charge in [-0.1, -0.05) is 12.1 Å². The van der Waals surface area contributed by atoms with E-state index < -0.39 is 5.97 Å². The molecule has 6 heteroatoms. The van der Waals surface area contributed by atoms with Gasteiger partial charge in [0.1, 0.15) is 5.75 Å². The average molecular weight is 296 g/mol. The molecule has 0 heterocycles. The van der Waals surface area contributed by atoms with E-state index in [9.17, 15) is 9.59 Å². The first-order valence-electron chi connectivity index (χ1n) is 5.90. The predicted octanol–water partition coefficient (Wildman–Crippen LogP) is 2.07. The Morgan fingerprint density at radius 3 is 2.60 bits per heavy atom. The van der Waals surface area contributed by atoms with Crippen LogP contribution in [-0.2, 0) is 14.3 Å². The number of carboxylic acids is 1. The molecule has 108 valence electrons. The molecule has 1 aromatic carbocycles. The molecular formula is C14H16O5S. The van der Waals surface area contributed by atoms with Gasteiger partial charge >= 0.3 is 11.9 Å². The second-order valence-corrected chi connectivity index (χ2v) is 4.82. The summed E-state index contributed by atoms with van der Waals surface area (Å²) in [5.41, 5.74) is 0.791. The van der Waals surface area contributed by atoms with Crippen LogP contribution in [0.4, 0.5) is 0 Å². The molecule has 20 heavy (non-hydrogen) atoms. The molecule has 0 aliphatic heterocycles. The summed E-state index contributed by atoms with van der Waals surface area (Å²) < 4.78 is 10.0. The predicted molar refractivity (Wildman–Crippen MR) is 77.9 cm³/mol. The number of hydrogen-bond donors (Lipinski definition) is 1. The van der Waals surface area contributed by atoms with Crippen LogP contribution in [0.1, 0.15) is 5.56 Å². The Bertz CT molecular complexity index is 467. The molecule has 5 nitrogen and oxygen atoms in total. The molecule has 0 radical (unpaired) electrons. The van der Waals surface area contributed by atoms with E-state index in [1.165, 1.54) is 24.9 Å². The first kappa shape index (κ1) is 16.1. The molecule has 1 N–H and O–H groups in total. The fourth-order valence-electron chi connectivity index (χ4n) is 1.28. The highest BCUT2D eigenvalue weighted by Crippen LogP contribution is 2.13. The van der Waals surface area contributed by atoms with Crippen LogP contribution in [0.25, 0.3) is 6.08 Å². The molecule has 0 aliphatic rings. The number of esters is 1. The van der Waals surface area contributed by atoms with Gasteiger partial charge in [-0.05, 0) is 23.8 Å². The first-order chi connectivity index (χ1) is 9.61. The summed E-state index contributed by atoms with van der Waals surface area (Å²) >= 11 is 1.44. The van der Waals surface area contributed by atoms with Gasteiger partial charge in [0.15, 0.2) is 0 Å². The van der Waals surface area contributed by atoms with Gasteiger partial charge in [0.25, 0.3) is 0 Å². The lowest BCUT2D eigenvalue weighted by molar-refractivity contribution is -0.137. The van der Waals surface area contributed by atoms with Gasteiger partial charge in [0.05, 0.1) is 19.5 Å². The third kappa shape index (κ3) is 6.84. The van der Waals surface area contributed by atoms with Crippen LogP contribution in [0.15, 0.2) is 30.3 Å². The number of rotatable bonds is 8. The smallest absolute Gasteiger partial charge is 0.328 e. The molecule has 0 saturated heterocycles. The molecule has 0 atom stereocenters. The highest BCUT2D eigenvalue weighted by atomic mass is 32.2. The highest BCUT2D eigenvalue weighted by Gasteiger charge is 2.00. The van der Waals surface area contributed by atoms with Crippen molar-refractivity contribution in [2.45, 2.75) is 0 Å². The number of benzene rings is 1. The molecule has 0 aromatic heterocycles. The summed E-state index contributed by atoms with van der Waals surface area (Å²) in [6.45, 7) is 0.492. The second-order valence-electron chi connectivity index (χ2n) is 3.72. The Morgan fingerprint density at radius 1 is 1.30 bits per heavy atom. The zero-order valence-electron chi connectivity index (χ0n) is 11.1. The number of carbonyl (C=O) groups is 2. The molecule has 0 spiro atoms. The first-order valence-corrected chi connectivity index (χ1v) is 7.05. The van der Waals surface area contributed by atoms with E-state index >= 15 is 0 Å².